The molecule has 0 atom stereocenters. The van der Waals surface area contributed by atoms with E-state index in [-0.39, 0.29) is 5.69 Å². The minimum atomic E-state index is -0.307. The van der Waals surface area contributed by atoms with Crippen molar-refractivity contribution < 1.29 is 4.74 Å². The van der Waals surface area contributed by atoms with Crippen LogP contribution in [-0.2, 0) is 17.7 Å². The minimum absolute atomic E-state index is 0.307. The normalized spacial score (nSPS) is 15.0. The van der Waals surface area contributed by atoms with Gasteiger partial charge in [0.1, 0.15) is 5.82 Å². The number of hydrogen-bond acceptors (Lipinski definition) is 7. The van der Waals surface area contributed by atoms with Crippen LogP contribution in [0.4, 0.5) is 0 Å². The highest BCUT2D eigenvalue weighted by Crippen LogP contribution is 2.28. The van der Waals surface area contributed by atoms with Gasteiger partial charge in [0.15, 0.2) is 17.1 Å². The van der Waals surface area contributed by atoms with Crippen molar-refractivity contribution in [3.63, 3.8) is 0 Å². The van der Waals surface area contributed by atoms with E-state index < -0.39 is 0 Å². The molecule has 1 aromatic carbocycles. The maximum absolute atomic E-state index is 11.8. The predicted molar refractivity (Wildman–Crippen MR) is 115 cm³/mol. The maximum atomic E-state index is 11.8. The molecular weight excluding hydrogens is 396 g/mol. The van der Waals surface area contributed by atoms with E-state index in [0.717, 1.165) is 61.4 Å². The van der Waals surface area contributed by atoms with Gasteiger partial charge in [-0.15, -0.1) is 0 Å². The third-order valence-electron chi connectivity index (χ3n) is 5.70. The van der Waals surface area contributed by atoms with Crippen molar-refractivity contribution in [2.45, 2.75) is 32.2 Å². The average molecular weight is 420 g/mol. The lowest BCUT2D eigenvalue weighted by Crippen LogP contribution is -2.16. The molecule has 0 radical (unpaired) electrons. The van der Waals surface area contributed by atoms with Crippen LogP contribution in [0.3, 0.4) is 0 Å². The van der Waals surface area contributed by atoms with Gasteiger partial charge in [-0.05, 0) is 31.6 Å². The summed E-state index contributed by atoms with van der Waals surface area (Å²) in [5.74, 6) is 1.86. The Kier molecular flexibility index (Phi) is 5.31. The number of nitrogens with one attached hydrogen (secondary N) is 3. The van der Waals surface area contributed by atoms with E-state index in [9.17, 15) is 4.79 Å². The number of fused-ring (bicyclic) bond motifs is 1. The van der Waals surface area contributed by atoms with Crippen molar-refractivity contribution in [1.82, 2.24) is 35.1 Å². The number of aromatic amines is 3. The van der Waals surface area contributed by atoms with Crippen LogP contribution < -0.4 is 11.4 Å². The highest BCUT2D eigenvalue weighted by Gasteiger charge is 2.18. The molecule has 3 aromatic heterocycles. The molecule has 160 valence electrons. The van der Waals surface area contributed by atoms with Gasteiger partial charge in [-0.2, -0.15) is 5.10 Å². The van der Waals surface area contributed by atoms with Gasteiger partial charge in [0.2, 0.25) is 0 Å². The predicted octanol–water partition coefficient (Wildman–Crippen LogP) is 1.92. The number of nitrogens with two attached hydrogens (primary N) is 1. The van der Waals surface area contributed by atoms with Gasteiger partial charge in [0.25, 0.3) is 0 Å². The quantitative estimate of drug-likeness (QED) is 0.372. The Labute approximate surface area is 177 Å². The van der Waals surface area contributed by atoms with Crippen LogP contribution in [0, 0.1) is 5.92 Å². The number of hydrogen-bond donors (Lipinski definition) is 4. The molecule has 1 fully saturated rings. The summed E-state index contributed by atoms with van der Waals surface area (Å²) >= 11 is 0. The number of benzene rings is 1. The molecule has 10 heteroatoms. The Hall–Kier alpha value is -3.37. The van der Waals surface area contributed by atoms with Crippen molar-refractivity contribution >= 4 is 11.3 Å². The number of aromatic nitrogens is 7. The van der Waals surface area contributed by atoms with Crippen LogP contribution in [0.5, 0.6) is 0 Å². The lowest BCUT2D eigenvalue weighted by atomic mass is 9.93. The summed E-state index contributed by atoms with van der Waals surface area (Å²) in [6, 6.07) is 7.86. The Morgan fingerprint density at radius 2 is 1.71 bits per heavy atom. The summed E-state index contributed by atoms with van der Waals surface area (Å²) < 4.78 is 5.47. The second-order valence-electron chi connectivity index (χ2n) is 7.78. The van der Waals surface area contributed by atoms with Gasteiger partial charge in [0.05, 0.1) is 17.9 Å². The Morgan fingerprint density at radius 3 is 2.42 bits per heavy atom. The third-order valence-corrected chi connectivity index (χ3v) is 5.70. The summed E-state index contributed by atoms with van der Waals surface area (Å²) in [7, 11) is 0. The van der Waals surface area contributed by atoms with Gasteiger partial charge in [-0.3, -0.25) is 15.1 Å². The third kappa shape index (κ3) is 4.12. The number of nitrogens with zero attached hydrogens (tertiary/aromatic N) is 4. The molecule has 0 saturated carbocycles. The molecule has 31 heavy (non-hydrogen) atoms. The molecule has 0 spiro atoms. The minimum Gasteiger partial charge on any atom is -0.381 e. The number of aryl methyl sites for hydroxylation is 1. The molecule has 4 aromatic rings. The summed E-state index contributed by atoms with van der Waals surface area (Å²) in [6.45, 7) is 1.95. The van der Waals surface area contributed by atoms with E-state index in [1.165, 1.54) is 0 Å². The molecule has 0 unspecified atom stereocenters. The van der Waals surface area contributed by atoms with E-state index in [4.69, 9.17) is 20.4 Å². The van der Waals surface area contributed by atoms with Gasteiger partial charge < -0.3 is 10.5 Å². The number of ether oxygens (including phenoxy) is 1. The smallest absolute Gasteiger partial charge is 0.326 e. The van der Waals surface area contributed by atoms with Crippen molar-refractivity contribution in [2.75, 3.05) is 13.2 Å². The number of H-pyrrole nitrogens is 3. The molecule has 10 nitrogen and oxygen atoms in total. The van der Waals surface area contributed by atoms with Crippen LogP contribution in [-0.4, -0.2) is 48.3 Å². The van der Waals surface area contributed by atoms with E-state index in [2.05, 4.69) is 25.1 Å². The molecule has 1 saturated heterocycles. The molecule has 5 N–H and O–H groups in total. The highest BCUT2D eigenvalue weighted by molar-refractivity contribution is 5.73. The SMILES string of the molecule is NCc1nc(-c2ccc(-c3nc4[nH]c(=O)[nH]c4nc3CCC3CCOCC3)cc2)n[nH]1. The van der Waals surface area contributed by atoms with Crippen molar-refractivity contribution in [3.05, 3.63) is 46.3 Å². The lowest BCUT2D eigenvalue weighted by Gasteiger charge is -2.22. The molecular formula is C21H24N8O2. The zero-order valence-corrected chi connectivity index (χ0v) is 17.0. The Bertz CT molecular complexity index is 1230. The summed E-state index contributed by atoms with van der Waals surface area (Å²) in [5.41, 5.74) is 9.71. The Morgan fingerprint density at radius 1 is 1.00 bits per heavy atom. The molecule has 0 amide bonds. The zero-order chi connectivity index (χ0) is 21.2. The summed E-state index contributed by atoms with van der Waals surface area (Å²) in [6.07, 6.45) is 3.95. The van der Waals surface area contributed by atoms with E-state index in [1.807, 2.05) is 24.3 Å². The van der Waals surface area contributed by atoms with Crippen LogP contribution in [0.25, 0.3) is 33.9 Å². The van der Waals surface area contributed by atoms with Gasteiger partial charge in [-0.25, -0.2) is 19.7 Å². The van der Waals surface area contributed by atoms with Gasteiger partial charge in [0, 0.05) is 24.3 Å². The van der Waals surface area contributed by atoms with E-state index >= 15 is 0 Å². The molecule has 0 aliphatic carbocycles. The number of imidazole rings is 1. The van der Waals surface area contributed by atoms with Gasteiger partial charge >= 0.3 is 5.69 Å². The van der Waals surface area contributed by atoms with Crippen molar-refractivity contribution in [3.8, 4) is 22.6 Å². The fourth-order valence-electron chi connectivity index (χ4n) is 3.97. The van der Waals surface area contributed by atoms with Crippen LogP contribution in [0.2, 0.25) is 0 Å². The Balaban J connectivity index is 1.47. The topological polar surface area (TPSA) is 151 Å². The van der Waals surface area contributed by atoms with Crippen LogP contribution >= 0.6 is 0 Å². The fraction of sp³-hybridized carbons (Fsp3) is 0.381. The largest absolute Gasteiger partial charge is 0.381 e. The van der Waals surface area contributed by atoms with Gasteiger partial charge in [-0.1, -0.05) is 24.3 Å². The first-order valence-electron chi connectivity index (χ1n) is 10.5. The molecule has 4 heterocycles. The van der Waals surface area contributed by atoms with E-state index in [1.54, 1.807) is 0 Å². The molecule has 1 aliphatic heterocycles. The first kappa shape index (κ1) is 19.6. The fourth-order valence-corrected chi connectivity index (χ4v) is 3.97. The van der Waals surface area contributed by atoms with E-state index in [0.29, 0.717) is 35.4 Å². The zero-order valence-electron chi connectivity index (χ0n) is 17.0. The first-order chi connectivity index (χ1) is 15.2. The van der Waals surface area contributed by atoms with Crippen molar-refractivity contribution in [1.29, 1.82) is 0 Å². The second-order valence-corrected chi connectivity index (χ2v) is 7.78. The lowest BCUT2D eigenvalue weighted by molar-refractivity contribution is 0.0639. The van der Waals surface area contributed by atoms with Crippen LogP contribution in [0.1, 0.15) is 30.8 Å². The molecule has 1 aliphatic rings. The first-order valence-corrected chi connectivity index (χ1v) is 10.5. The summed E-state index contributed by atoms with van der Waals surface area (Å²) in [5, 5.41) is 7.03. The highest BCUT2D eigenvalue weighted by atomic mass is 16.5. The maximum Gasteiger partial charge on any atom is 0.326 e. The molecule has 5 rings (SSSR count). The standard InChI is InChI=1S/C21H24N8O2/c22-11-16-24-18(29-28-16)14-4-2-13(3-5-14)17-15(6-1-12-7-9-31-10-8-12)23-19-20(25-17)27-21(30)26-19/h2-5,12H,1,6-11,22H2,(H,24,28,29)(H2,23,25,26,27,30). The number of rotatable bonds is 6. The summed E-state index contributed by atoms with van der Waals surface area (Å²) in [4.78, 5) is 31.0. The van der Waals surface area contributed by atoms with Crippen molar-refractivity contribution in [2.24, 2.45) is 11.7 Å². The second kappa shape index (κ2) is 8.40. The molecule has 0 bridgehead atoms. The average Bonchev–Trinajstić information content (AvgIpc) is 3.43. The monoisotopic (exact) mass is 420 g/mol. The van der Waals surface area contributed by atoms with Crippen LogP contribution in [0.15, 0.2) is 29.1 Å².